The summed E-state index contributed by atoms with van der Waals surface area (Å²) in [7, 11) is 0. The van der Waals surface area contributed by atoms with E-state index in [1.807, 2.05) is 78.9 Å². The van der Waals surface area contributed by atoms with Gasteiger partial charge in [-0.1, -0.05) is 48.2 Å². The summed E-state index contributed by atoms with van der Waals surface area (Å²) < 4.78 is 11.5. The largest absolute Gasteiger partial charge is 0.457 e. The van der Waals surface area contributed by atoms with E-state index < -0.39 is 0 Å². The molecule has 0 fully saturated rings. The Hall–Kier alpha value is -3.51. The number of aromatic nitrogens is 1. The van der Waals surface area contributed by atoms with E-state index in [-0.39, 0.29) is 5.91 Å². The standard InChI is InChI=1S/C25H22N2O3S/c28-25(23-14-13-22(30-23)18-31-24-8-4-5-16-26-24)27-17-15-19-9-11-21(12-10-19)29-20-6-2-1-3-7-20/h1-14,16H,15,17-18H2,(H,27,28). The predicted octanol–water partition coefficient (Wildman–Crippen LogP) is 5.73. The molecule has 5 nitrogen and oxygen atoms in total. The Balaban J connectivity index is 1.21. The molecule has 6 heteroatoms. The zero-order valence-electron chi connectivity index (χ0n) is 16.9. The molecule has 31 heavy (non-hydrogen) atoms. The van der Waals surface area contributed by atoms with E-state index in [4.69, 9.17) is 9.15 Å². The number of rotatable bonds is 9. The molecule has 1 N–H and O–H groups in total. The Bertz CT molecular complexity index is 1100. The van der Waals surface area contributed by atoms with Crippen LogP contribution >= 0.6 is 11.8 Å². The van der Waals surface area contributed by atoms with Gasteiger partial charge in [0.15, 0.2) is 5.76 Å². The van der Waals surface area contributed by atoms with E-state index in [1.54, 1.807) is 24.0 Å². The number of nitrogens with zero attached hydrogens (tertiary/aromatic N) is 1. The third kappa shape index (κ3) is 6.23. The van der Waals surface area contributed by atoms with Crippen molar-refractivity contribution in [1.29, 1.82) is 0 Å². The van der Waals surface area contributed by atoms with Gasteiger partial charge in [-0.2, -0.15) is 0 Å². The van der Waals surface area contributed by atoms with Gasteiger partial charge in [0.05, 0.1) is 10.8 Å². The number of carbonyl (C=O) groups excluding carboxylic acids is 1. The highest BCUT2D eigenvalue weighted by atomic mass is 32.2. The first kappa shape index (κ1) is 20.8. The Kier molecular flexibility index (Phi) is 7.03. The lowest BCUT2D eigenvalue weighted by Gasteiger charge is -2.07. The number of nitrogens with one attached hydrogen (secondary N) is 1. The molecule has 2 heterocycles. The second kappa shape index (κ2) is 10.5. The number of para-hydroxylation sites is 1. The minimum Gasteiger partial charge on any atom is -0.457 e. The van der Waals surface area contributed by atoms with E-state index in [0.29, 0.717) is 18.1 Å². The molecule has 4 rings (SSSR count). The van der Waals surface area contributed by atoms with Crippen LogP contribution in [-0.4, -0.2) is 17.4 Å². The lowest BCUT2D eigenvalue weighted by Crippen LogP contribution is -2.25. The summed E-state index contributed by atoms with van der Waals surface area (Å²) >= 11 is 1.57. The number of amides is 1. The first-order valence-electron chi connectivity index (χ1n) is 9.99. The molecule has 0 aliphatic rings. The number of benzene rings is 2. The maximum absolute atomic E-state index is 12.3. The van der Waals surface area contributed by atoms with E-state index in [9.17, 15) is 4.79 Å². The number of carbonyl (C=O) groups is 1. The average Bonchev–Trinajstić information content (AvgIpc) is 3.29. The Morgan fingerprint density at radius 2 is 1.68 bits per heavy atom. The third-order valence-corrected chi connectivity index (χ3v) is 5.45. The number of hydrogen-bond donors (Lipinski definition) is 1. The quantitative estimate of drug-likeness (QED) is 0.344. The number of hydrogen-bond acceptors (Lipinski definition) is 5. The Morgan fingerprint density at radius 3 is 2.45 bits per heavy atom. The van der Waals surface area contributed by atoms with Gasteiger partial charge >= 0.3 is 0 Å². The van der Waals surface area contributed by atoms with Crippen molar-refractivity contribution in [3.05, 3.63) is 108 Å². The van der Waals surface area contributed by atoms with E-state index >= 15 is 0 Å². The summed E-state index contributed by atoms with van der Waals surface area (Å²) in [5.41, 5.74) is 1.12. The van der Waals surface area contributed by atoms with Crippen molar-refractivity contribution in [3.63, 3.8) is 0 Å². The van der Waals surface area contributed by atoms with Gasteiger partial charge in [0.25, 0.3) is 5.91 Å². The first-order valence-corrected chi connectivity index (χ1v) is 11.0. The molecule has 0 saturated carbocycles. The molecule has 0 unspecified atom stereocenters. The Labute approximate surface area is 185 Å². The predicted molar refractivity (Wildman–Crippen MR) is 122 cm³/mol. The van der Waals surface area contributed by atoms with Crippen LogP contribution in [0.4, 0.5) is 0 Å². The summed E-state index contributed by atoms with van der Waals surface area (Å²) in [5.74, 6) is 3.07. The molecule has 0 spiro atoms. The lowest BCUT2D eigenvalue weighted by atomic mass is 10.1. The molecule has 0 radical (unpaired) electrons. The molecule has 2 aromatic carbocycles. The maximum atomic E-state index is 12.3. The SMILES string of the molecule is O=C(NCCc1ccc(Oc2ccccc2)cc1)c1ccc(CSc2ccccn2)o1. The molecule has 4 aromatic rings. The van der Waals surface area contributed by atoms with Gasteiger partial charge in [0.1, 0.15) is 17.3 Å². The minimum absolute atomic E-state index is 0.210. The van der Waals surface area contributed by atoms with Crippen molar-refractivity contribution < 1.29 is 13.9 Å². The highest BCUT2D eigenvalue weighted by Gasteiger charge is 2.11. The molecule has 2 aromatic heterocycles. The second-order valence-electron chi connectivity index (χ2n) is 6.79. The molecule has 0 atom stereocenters. The third-order valence-electron chi connectivity index (χ3n) is 4.49. The highest BCUT2D eigenvalue weighted by molar-refractivity contribution is 7.98. The molecule has 156 valence electrons. The van der Waals surface area contributed by atoms with Crippen LogP contribution < -0.4 is 10.1 Å². The van der Waals surface area contributed by atoms with E-state index in [2.05, 4.69) is 10.3 Å². The van der Waals surface area contributed by atoms with Crippen LogP contribution in [0.25, 0.3) is 0 Å². The van der Waals surface area contributed by atoms with E-state index in [0.717, 1.165) is 34.3 Å². The first-order chi connectivity index (χ1) is 15.3. The molecule has 0 aliphatic carbocycles. The summed E-state index contributed by atoms with van der Waals surface area (Å²) in [6.07, 6.45) is 2.48. The normalized spacial score (nSPS) is 10.6. The van der Waals surface area contributed by atoms with Crippen LogP contribution in [0.15, 0.2) is 101 Å². The zero-order chi connectivity index (χ0) is 21.3. The van der Waals surface area contributed by atoms with Crippen LogP contribution in [0.5, 0.6) is 11.5 Å². The van der Waals surface area contributed by atoms with Crippen molar-refractivity contribution in [2.75, 3.05) is 6.54 Å². The van der Waals surface area contributed by atoms with Gasteiger partial charge in [-0.25, -0.2) is 4.98 Å². The van der Waals surface area contributed by atoms with Crippen molar-refractivity contribution in [1.82, 2.24) is 10.3 Å². The minimum atomic E-state index is -0.210. The van der Waals surface area contributed by atoms with Crippen LogP contribution in [-0.2, 0) is 12.2 Å². The second-order valence-corrected chi connectivity index (χ2v) is 7.78. The molecule has 1 amide bonds. The highest BCUT2D eigenvalue weighted by Crippen LogP contribution is 2.22. The van der Waals surface area contributed by atoms with Crippen LogP contribution in [0.3, 0.4) is 0 Å². The molecule has 0 aliphatic heterocycles. The lowest BCUT2D eigenvalue weighted by molar-refractivity contribution is 0.0925. The van der Waals surface area contributed by atoms with E-state index in [1.165, 1.54) is 0 Å². The van der Waals surface area contributed by atoms with Crippen molar-refractivity contribution in [2.45, 2.75) is 17.2 Å². The van der Waals surface area contributed by atoms with Gasteiger partial charge in [-0.05, 0) is 60.5 Å². The maximum Gasteiger partial charge on any atom is 0.287 e. The number of furan rings is 1. The number of thioether (sulfide) groups is 1. The molecular weight excluding hydrogens is 408 g/mol. The van der Waals surface area contributed by atoms with Gasteiger partial charge in [-0.15, -0.1) is 0 Å². The fourth-order valence-corrected chi connectivity index (χ4v) is 3.67. The van der Waals surface area contributed by atoms with Crippen molar-refractivity contribution in [2.24, 2.45) is 0 Å². The zero-order valence-corrected chi connectivity index (χ0v) is 17.7. The van der Waals surface area contributed by atoms with Crippen LogP contribution in [0.2, 0.25) is 0 Å². The molecule has 0 bridgehead atoms. The monoisotopic (exact) mass is 430 g/mol. The number of pyridine rings is 1. The fraction of sp³-hybridized carbons (Fsp3) is 0.120. The summed E-state index contributed by atoms with van der Waals surface area (Å²) in [5, 5.41) is 3.83. The van der Waals surface area contributed by atoms with Crippen molar-refractivity contribution in [3.8, 4) is 11.5 Å². The van der Waals surface area contributed by atoms with Gasteiger partial charge in [0, 0.05) is 12.7 Å². The molecule has 0 saturated heterocycles. The summed E-state index contributed by atoms with van der Waals surface area (Å²) in [4.78, 5) is 16.6. The van der Waals surface area contributed by atoms with Gasteiger partial charge in [-0.3, -0.25) is 4.79 Å². The van der Waals surface area contributed by atoms with Gasteiger partial charge in [0.2, 0.25) is 0 Å². The summed E-state index contributed by atoms with van der Waals surface area (Å²) in [6, 6.07) is 26.8. The smallest absolute Gasteiger partial charge is 0.287 e. The molecular formula is C25H22N2O3S. The summed E-state index contributed by atoms with van der Waals surface area (Å²) in [6.45, 7) is 0.524. The number of ether oxygens (including phenoxy) is 1. The van der Waals surface area contributed by atoms with Crippen LogP contribution in [0.1, 0.15) is 21.9 Å². The topological polar surface area (TPSA) is 64.4 Å². The average molecular weight is 431 g/mol. The van der Waals surface area contributed by atoms with Gasteiger partial charge < -0.3 is 14.5 Å². The fourth-order valence-electron chi connectivity index (χ4n) is 2.91. The Morgan fingerprint density at radius 1 is 0.903 bits per heavy atom. The van der Waals surface area contributed by atoms with Crippen LogP contribution in [0, 0.1) is 0 Å². The van der Waals surface area contributed by atoms with Crippen molar-refractivity contribution >= 4 is 17.7 Å².